The van der Waals surface area contributed by atoms with Crippen LogP contribution in [-0.4, -0.2) is 9.97 Å². The van der Waals surface area contributed by atoms with Gasteiger partial charge in [0.05, 0.1) is 11.4 Å². The number of rotatable bonds is 5. The summed E-state index contributed by atoms with van der Waals surface area (Å²) in [6.07, 6.45) is 0. The lowest BCUT2D eigenvalue weighted by atomic mass is 9.92. The van der Waals surface area contributed by atoms with Crippen LogP contribution in [0.5, 0.6) is 0 Å². The molecular formula is C48H30N2O. The number of furan rings is 1. The molecule has 0 atom stereocenters. The van der Waals surface area contributed by atoms with Crippen molar-refractivity contribution in [2.75, 3.05) is 0 Å². The summed E-state index contributed by atoms with van der Waals surface area (Å²) in [4.78, 5) is 10.8. The summed E-state index contributed by atoms with van der Waals surface area (Å²) in [7, 11) is 0. The Morgan fingerprint density at radius 2 is 1.00 bits per heavy atom. The summed E-state index contributed by atoms with van der Waals surface area (Å²) < 4.78 is 6.20. The number of aromatic nitrogens is 2. The molecule has 10 aromatic rings. The Hall–Kier alpha value is -6.84. The van der Waals surface area contributed by atoms with E-state index in [1.54, 1.807) is 0 Å². The maximum atomic E-state index is 6.20. The predicted molar refractivity (Wildman–Crippen MR) is 212 cm³/mol. The molecule has 0 aliphatic rings. The van der Waals surface area contributed by atoms with Gasteiger partial charge in [0.2, 0.25) is 0 Å². The Bertz CT molecular complexity index is 2870. The highest BCUT2D eigenvalue weighted by molar-refractivity contribution is 6.19. The van der Waals surface area contributed by atoms with E-state index in [-0.39, 0.29) is 0 Å². The van der Waals surface area contributed by atoms with Gasteiger partial charge in [0.1, 0.15) is 11.3 Å². The number of fused-ring (bicyclic) bond motifs is 5. The molecule has 10 rings (SSSR count). The summed E-state index contributed by atoms with van der Waals surface area (Å²) in [5.41, 5.74) is 9.01. The number of hydrogen-bond donors (Lipinski definition) is 0. The van der Waals surface area contributed by atoms with Crippen LogP contribution in [0, 0.1) is 0 Å². The molecule has 0 aliphatic heterocycles. The normalized spacial score (nSPS) is 11.5. The first kappa shape index (κ1) is 29.1. The van der Waals surface area contributed by atoms with Crippen molar-refractivity contribution in [3.63, 3.8) is 0 Å². The number of hydrogen-bond acceptors (Lipinski definition) is 3. The molecule has 3 heteroatoms. The predicted octanol–water partition coefficient (Wildman–Crippen LogP) is 13.0. The lowest BCUT2D eigenvalue weighted by Gasteiger charge is -2.16. The minimum Gasteiger partial charge on any atom is -0.456 e. The fourth-order valence-corrected chi connectivity index (χ4v) is 7.41. The SMILES string of the molecule is c1ccc(-c2ccccc2-c2cc(-c3ccc(-c4cc5ccccc5o4)cc3)nc(-c3c4ccccc4cc4c3ccc3ccccc34)n2)cc1. The number of nitrogens with zero attached hydrogens (tertiary/aromatic N) is 2. The van der Waals surface area contributed by atoms with Crippen molar-refractivity contribution in [1.82, 2.24) is 9.97 Å². The molecule has 0 unspecified atom stereocenters. The third kappa shape index (κ3) is 5.06. The summed E-state index contributed by atoms with van der Waals surface area (Å²) in [5.74, 6) is 1.54. The summed E-state index contributed by atoms with van der Waals surface area (Å²) in [6, 6.07) is 63.8. The first-order valence-electron chi connectivity index (χ1n) is 17.2. The van der Waals surface area contributed by atoms with Crippen LogP contribution < -0.4 is 0 Å². The molecule has 0 N–H and O–H groups in total. The quantitative estimate of drug-likeness (QED) is 0.137. The monoisotopic (exact) mass is 650 g/mol. The Labute approximate surface area is 295 Å². The molecular weight excluding hydrogens is 621 g/mol. The molecule has 0 saturated carbocycles. The van der Waals surface area contributed by atoms with Gasteiger partial charge in [-0.2, -0.15) is 0 Å². The second kappa shape index (κ2) is 11.9. The highest BCUT2D eigenvalue weighted by atomic mass is 16.3. The van der Waals surface area contributed by atoms with Crippen LogP contribution in [0.25, 0.3) is 99.6 Å². The van der Waals surface area contributed by atoms with Crippen LogP contribution in [0.4, 0.5) is 0 Å². The Morgan fingerprint density at radius 3 is 1.82 bits per heavy atom. The van der Waals surface area contributed by atoms with Crippen molar-refractivity contribution >= 4 is 43.3 Å². The summed E-state index contributed by atoms with van der Waals surface area (Å²) >= 11 is 0. The van der Waals surface area contributed by atoms with E-state index in [2.05, 4.69) is 164 Å². The van der Waals surface area contributed by atoms with Gasteiger partial charge in [-0.25, -0.2) is 9.97 Å². The van der Waals surface area contributed by atoms with Crippen molar-refractivity contribution in [3.05, 3.63) is 182 Å². The zero-order valence-corrected chi connectivity index (χ0v) is 27.6. The maximum absolute atomic E-state index is 6.20. The minimum absolute atomic E-state index is 0.698. The van der Waals surface area contributed by atoms with E-state index in [1.165, 1.54) is 16.2 Å². The van der Waals surface area contributed by atoms with E-state index in [0.717, 1.165) is 77.7 Å². The first-order chi connectivity index (χ1) is 25.3. The molecule has 0 radical (unpaired) electrons. The minimum atomic E-state index is 0.698. The van der Waals surface area contributed by atoms with E-state index >= 15 is 0 Å². The molecule has 2 heterocycles. The van der Waals surface area contributed by atoms with Crippen molar-refractivity contribution in [2.45, 2.75) is 0 Å². The average Bonchev–Trinajstić information content (AvgIpc) is 3.65. The fraction of sp³-hybridized carbons (Fsp3) is 0. The molecule has 0 aliphatic carbocycles. The second-order valence-electron chi connectivity index (χ2n) is 13.0. The molecule has 51 heavy (non-hydrogen) atoms. The molecule has 0 spiro atoms. The highest BCUT2D eigenvalue weighted by Crippen LogP contribution is 2.41. The number of para-hydroxylation sites is 1. The molecule has 2 aromatic heterocycles. The van der Waals surface area contributed by atoms with Gasteiger partial charge < -0.3 is 4.42 Å². The topological polar surface area (TPSA) is 38.9 Å². The second-order valence-corrected chi connectivity index (χ2v) is 13.0. The smallest absolute Gasteiger partial charge is 0.161 e. The van der Waals surface area contributed by atoms with Crippen LogP contribution in [0.3, 0.4) is 0 Å². The van der Waals surface area contributed by atoms with Gasteiger partial charge in [-0.3, -0.25) is 0 Å². The van der Waals surface area contributed by atoms with Crippen LogP contribution in [-0.2, 0) is 0 Å². The molecule has 3 nitrogen and oxygen atoms in total. The van der Waals surface area contributed by atoms with E-state index in [1.807, 2.05) is 18.2 Å². The van der Waals surface area contributed by atoms with E-state index in [4.69, 9.17) is 14.4 Å². The van der Waals surface area contributed by atoms with Gasteiger partial charge in [0, 0.05) is 27.6 Å². The van der Waals surface area contributed by atoms with Crippen molar-refractivity contribution in [2.24, 2.45) is 0 Å². The Balaban J connectivity index is 1.22. The van der Waals surface area contributed by atoms with Gasteiger partial charge in [-0.1, -0.05) is 158 Å². The van der Waals surface area contributed by atoms with Crippen LogP contribution >= 0.6 is 0 Å². The number of benzene rings is 8. The standard InChI is InChI=1S/C48H30N2O/c1-2-12-31(13-3-1)37-17-9-10-20-40(37)44-30-43(33-22-24-34(25-23-33)46-29-36-16-6-11-21-45(36)51-46)49-48(50-44)47-39-19-8-5-15-35(39)28-42-38-18-7-4-14-32(38)26-27-41(42)47/h1-30H. The van der Waals surface area contributed by atoms with Crippen molar-refractivity contribution < 1.29 is 4.42 Å². The Morgan fingerprint density at radius 1 is 0.353 bits per heavy atom. The lowest BCUT2D eigenvalue weighted by molar-refractivity contribution is 0.631. The first-order valence-corrected chi connectivity index (χ1v) is 17.2. The lowest BCUT2D eigenvalue weighted by Crippen LogP contribution is -1.98. The van der Waals surface area contributed by atoms with Gasteiger partial charge in [-0.05, 0) is 67.7 Å². The Kier molecular flexibility index (Phi) is 6.81. The third-order valence-corrected chi connectivity index (χ3v) is 9.90. The highest BCUT2D eigenvalue weighted by Gasteiger charge is 2.19. The molecule has 0 saturated heterocycles. The molecule has 238 valence electrons. The maximum Gasteiger partial charge on any atom is 0.161 e. The van der Waals surface area contributed by atoms with Gasteiger partial charge in [0.15, 0.2) is 5.82 Å². The molecule has 8 aromatic carbocycles. The van der Waals surface area contributed by atoms with Crippen molar-refractivity contribution in [3.8, 4) is 56.4 Å². The fourth-order valence-electron chi connectivity index (χ4n) is 7.41. The van der Waals surface area contributed by atoms with E-state index in [0.29, 0.717) is 5.82 Å². The molecule has 0 amide bonds. The van der Waals surface area contributed by atoms with Gasteiger partial charge in [0.25, 0.3) is 0 Å². The summed E-state index contributed by atoms with van der Waals surface area (Å²) in [6.45, 7) is 0. The van der Waals surface area contributed by atoms with Crippen LogP contribution in [0.15, 0.2) is 186 Å². The zero-order valence-electron chi connectivity index (χ0n) is 27.6. The largest absolute Gasteiger partial charge is 0.456 e. The zero-order chi connectivity index (χ0) is 33.7. The van der Waals surface area contributed by atoms with E-state index < -0.39 is 0 Å². The average molecular weight is 651 g/mol. The van der Waals surface area contributed by atoms with Crippen molar-refractivity contribution in [1.29, 1.82) is 0 Å². The molecule has 0 fully saturated rings. The van der Waals surface area contributed by atoms with Gasteiger partial charge in [-0.15, -0.1) is 0 Å². The summed E-state index contributed by atoms with van der Waals surface area (Å²) in [5, 5.41) is 8.13. The van der Waals surface area contributed by atoms with E-state index in [9.17, 15) is 0 Å². The molecule has 0 bridgehead atoms. The van der Waals surface area contributed by atoms with Crippen LogP contribution in [0.1, 0.15) is 0 Å². The van der Waals surface area contributed by atoms with Crippen LogP contribution in [0.2, 0.25) is 0 Å². The third-order valence-electron chi connectivity index (χ3n) is 9.90. The van der Waals surface area contributed by atoms with Gasteiger partial charge >= 0.3 is 0 Å².